The zero-order valence-corrected chi connectivity index (χ0v) is 23.8. The first kappa shape index (κ1) is 29.6. The fourth-order valence-electron chi connectivity index (χ4n) is 4.26. The van der Waals surface area contributed by atoms with Gasteiger partial charge in [0.15, 0.2) is 0 Å². The molecule has 0 unspecified atom stereocenters. The molecule has 0 saturated heterocycles. The molecule has 41 heavy (non-hydrogen) atoms. The summed E-state index contributed by atoms with van der Waals surface area (Å²) in [6.45, 7) is 7.88. The molecule has 216 valence electrons. The quantitative estimate of drug-likeness (QED) is 0.249. The number of carbonyl (C=O) groups excluding carboxylic acids is 1. The average molecular weight is 568 g/mol. The molecule has 2 aromatic heterocycles. The third-order valence-electron chi connectivity index (χ3n) is 6.55. The third kappa shape index (κ3) is 7.03. The number of nitrogens with one attached hydrogen (secondary N) is 1. The van der Waals surface area contributed by atoms with E-state index in [1.54, 1.807) is 50.0 Å². The van der Waals surface area contributed by atoms with Crippen LogP contribution < -0.4 is 14.8 Å². The Morgan fingerprint density at radius 3 is 2.44 bits per heavy atom. The summed E-state index contributed by atoms with van der Waals surface area (Å²) in [4.78, 5) is 17.5. The summed E-state index contributed by atoms with van der Waals surface area (Å²) in [7, 11) is 2.92. The second-order valence-electron chi connectivity index (χ2n) is 10.9. The molecule has 8 nitrogen and oxygen atoms in total. The summed E-state index contributed by atoms with van der Waals surface area (Å²) in [5.74, 6) is 0.178. The number of pyridine rings is 1. The van der Waals surface area contributed by atoms with Crippen LogP contribution in [0.2, 0.25) is 0 Å². The molecule has 4 rings (SSSR count). The van der Waals surface area contributed by atoms with E-state index >= 15 is 0 Å². The smallest absolute Gasteiger partial charge is 0.416 e. The summed E-state index contributed by atoms with van der Waals surface area (Å²) in [6, 6.07) is 8.70. The molecule has 0 aliphatic rings. The van der Waals surface area contributed by atoms with Crippen LogP contribution in [0.25, 0.3) is 16.9 Å². The first-order valence-corrected chi connectivity index (χ1v) is 12.9. The number of benzene rings is 2. The predicted octanol–water partition coefficient (Wildman–Crippen LogP) is 6.90. The normalized spacial score (nSPS) is 11.8. The second kappa shape index (κ2) is 11.6. The van der Waals surface area contributed by atoms with E-state index in [1.807, 2.05) is 27.7 Å². The van der Waals surface area contributed by atoms with Gasteiger partial charge in [0, 0.05) is 17.3 Å². The number of rotatable bonds is 8. The number of alkyl halides is 3. The van der Waals surface area contributed by atoms with Crippen LogP contribution in [0.3, 0.4) is 0 Å². The number of aromatic nitrogens is 4. The maximum Gasteiger partial charge on any atom is 0.416 e. The zero-order chi connectivity index (χ0) is 29.9. The van der Waals surface area contributed by atoms with Gasteiger partial charge in [-0.25, -0.2) is 4.68 Å². The molecule has 0 aliphatic carbocycles. The molecule has 0 spiro atoms. The van der Waals surface area contributed by atoms with Crippen LogP contribution >= 0.6 is 0 Å². The van der Waals surface area contributed by atoms with Crippen molar-refractivity contribution in [1.82, 2.24) is 20.0 Å². The van der Waals surface area contributed by atoms with Crippen LogP contribution in [0.4, 0.5) is 18.9 Å². The van der Waals surface area contributed by atoms with Crippen molar-refractivity contribution in [2.45, 2.75) is 46.7 Å². The molecule has 0 bridgehead atoms. The van der Waals surface area contributed by atoms with Crippen LogP contribution in [0.15, 0.2) is 55.0 Å². The van der Waals surface area contributed by atoms with Crippen molar-refractivity contribution in [2.24, 2.45) is 5.41 Å². The fraction of sp³-hybridized carbons (Fsp3) is 0.333. The van der Waals surface area contributed by atoms with Crippen molar-refractivity contribution in [3.8, 4) is 28.4 Å². The lowest BCUT2D eigenvalue weighted by atomic mass is 9.88. The topological polar surface area (TPSA) is 91.2 Å². The number of hydrogen-bond donors (Lipinski definition) is 1. The Morgan fingerprint density at radius 2 is 1.78 bits per heavy atom. The average Bonchev–Trinajstić information content (AvgIpc) is 3.41. The summed E-state index contributed by atoms with van der Waals surface area (Å²) in [5.41, 5.74) is 2.21. The number of hydrogen-bond acceptors (Lipinski definition) is 6. The van der Waals surface area contributed by atoms with Gasteiger partial charge in [-0.3, -0.25) is 9.78 Å². The van der Waals surface area contributed by atoms with Crippen LogP contribution in [0, 0.1) is 12.3 Å². The maximum absolute atomic E-state index is 13.8. The van der Waals surface area contributed by atoms with Crippen molar-refractivity contribution in [3.63, 3.8) is 0 Å². The molecule has 0 radical (unpaired) electrons. The lowest BCUT2D eigenvalue weighted by molar-refractivity contribution is -0.137. The first-order valence-electron chi connectivity index (χ1n) is 12.9. The highest BCUT2D eigenvalue weighted by molar-refractivity contribution is 6.05. The fourth-order valence-corrected chi connectivity index (χ4v) is 4.26. The molecule has 0 fully saturated rings. The van der Waals surface area contributed by atoms with E-state index in [0.717, 1.165) is 17.7 Å². The predicted molar refractivity (Wildman–Crippen MR) is 150 cm³/mol. The van der Waals surface area contributed by atoms with Crippen LogP contribution in [-0.4, -0.2) is 40.1 Å². The standard InChI is InChI=1S/C30H32F3N5O3/c1-18-7-8-20(13-26(18)38-17-25(36-37-38)21-12-23(40-5)16-34-15-21)28(39)35-24-14-22(30(31,32)33)11-19(27(24)41-6)9-10-29(2,3)4/h7-8,11-17H,9-10H2,1-6H3,(H,35,39). The molecule has 0 atom stereocenters. The zero-order valence-electron chi connectivity index (χ0n) is 23.8. The number of amides is 1. The lowest BCUT2D eigenvalue weighted by Crippen LogP contribution is -2.16. The molecular weight excluding hydrogens is 535 g/mol. The van der Waals surface area contributed by atoms with Crippen molar-refractivity contribution >= 4 is 11.6 Å². The Hall–Kier alpha value is -4.41. The van der Waals surface area contributed by atoms with Crippen LogP contribution in [-0.2, 0) is 12.6 Å². The van der Waals surface area contributed by atoms with Gasteiger partial charge in [0.05, 0.1) is 43.6 Å². The first-order chi connectivity index (χ1) is 19.3. The van der Waals surface area contributed by atoms with E-state index in [1.165, 1.54) is 11.8 Å². The van der Waals surface area contributed by atoms with Crippen molar-refractivity contribution in [1.29, 1.82) is 0 Å². The van der Waals surface area contributed by atoms with Crippen LogP contribution in [0.1, 0.15) is 54.2 Å². The highest BCUT2D eigenvalue weighted by Crippen LogP contribution is 2.39. The number of carbonyl (C=O) groups is 1. The molecule has 1 N–H and O–H groups in total. The number of aryl methyl sites for hydroxylation is 2. The third-order valence-corrected chi connectivity index (χ3v) is 6.55. The number of anilines is 1. The highest BCUT2D eigenvalue weighted by Gasteiger charge is 2.33. The minimum absolute atomic E-state index is 0.0491. The Bertz CT molecular complexity index is 1560. The Morgan fingerprint density at radius 1 is 1.02 bits per heavy atom. The maximum atomic E-state index is 13.8. The van der Waals surface area contributed by atoms with Crippen molar-refractivity contribution in [2.75, 3.05) is 19.5 Å². The molecule has 2 aromatic carbocycles. The van der Waals surface area contributed by atoms with Gasteiger partial charge in [-0.1, -0.05) is 32.1 Å². The van der Waals surface area contributed by atoms with E-state index in [-0.39, 0.29) is 22.4 Å². The van der Waals surface area contributed by atoms with E-state index < -0.39 is 17.6 Å². The molecule has 0 saturated carbocycles. The van der Waals surface area contributed by atoms with Gasteiger partial charge in [-0.2, -0.15) is 13.2 Å². The SMILES string of the molecule is COc1cncc(-c2cn(-c3cc(C(=O)Nc4cc(C(F)(F)F)cc(CCC(C)(C)C)c4OC)ccc3C)nn2)c1. The number of nitrogens with zero attached hydrogens (tertiary/aromatic N) is 4. The van der Waals surface area contributed by atoms with Crippen molar-refractivity contribution < 1.29 is 27.4 Å². The Kier molecular flexibility index (Phi) is 8.37. The van der Waals surface area contributed by atoms with E-state index in [0.29, 0.717) is 41.1 Å². The van der Waals surface area contributed by atoms with Gasteiger partial charge in [0.25, 0.3) is 5.91 Å². The summed E-state index contributed by atoms with van der Waals surface area (Å²) >= 11 is 0. The van der Waals surface area contributed by atoms with Crippen LogP contribution in [0.5, 0.6) is 11.5 Å². The number of halogens is 3. The molecule has 1 amide bonds. The van der Waals surface area contributed by atoms with Gasteiger partial charge in [-0.05, 0) is 66.6 Å². The Balaban J connectivity index is 1.67. The minimum atomic E-state index is -4.59. The number of ether oxygens (including phenoxy) is 2. The molecule has 2 heterocycles. The van der Waals surface area contributed by atoms with E-state index in [4.69, 9.17) is 9.47 Å². The monoisotopic (exact) mass is 567 g/mol. The minimum Gasteiger partial charge on any atom is -0.495 e. The van der Waals surface area contributed by atoms with E-state index in [2.05, 4.69) is 20.6 Å². The molecule has 0 aliphatic heterocycles. The van der Waals surface area contributed by atoms with Crippen molar-refractivity contribution in [3.05, 3.63) is 77.2 Å². The molecular formula is C30H32F3N5O3. The largest absolute Gasteiger partial charge is 0.495 e. The van der Waals surface area contributed by atoms with E-state index in [9.17, 15) is 18.0 Å². The second-order valence-corrected chi connectivity index (χ2v) is 10.9. The lowest BCUT2D eigenvalue weighted by Gasteiger charge is -2.21. The van der Waals surface area contributed by atoms with Gasteiger partial charge in [0.1, 0.15) is 17.2 Å². The van der Waals surface area contributed by atoms with Gasteiger partial charge >= 0.3 is 6.18 Å². The Labute approximate surface area is 236 Å². The number of methoxy groups -OCH3 is 2. The van der Waals surface area contributed by atoms with Gasteiger partial charge in [0.2, 0.25) is 0 Å². The molecule has 11 heteroatoms. The van der Waals surface area contributed by atoms with Gasteiger partial charge < -0.3 is 14.8 Å². The summed E-state index contributed by atoms with van der Waals surface area (Å²) < 4.78 is 53.6. The highest BCUT2D eigenvalue weighted by atomic mass is 19.4. The van der Waals surface area contributed by atoms with Gasteiger partial charge in [-0.15, -0.1) is 5.10 Å². The summed E-state index contributed by atoms with van der Waals surface area (Å²) in [6.07, 6.45) is 1.29. The molecule has 4 aromatic rings. The summed E-state index contributed by atoms with van der Waals surface area (Å²) in [5, 5.41) is 11.1.